The fourth-order valence-corrected chi connectivity index (χ4v) is 2.87. The Morgan fingerprint density at radius 1 is 1.48 bits per heavy atom. The van der Waals surface area contributed by atoms with Crippen molar-refractivity contribution in [1.82, 2.24) is 10.2 Å². The quantitative estimate of drug-likeness (QED) is 0.621. The van der Waals surface area contributed by atoms with E-state index in [1.165, 1.54) is 11.1 Å². The molecule has 0 radical (unpaired) electrons. The molecule has 0 spiro atoms. The largest absolute Gasteiger partial charge is 0.368 e. The van der Waals surface area contributed by atoms with Gasteiger partial charge in [-0.05, 0) is 30.9 Å². The molecule has 2 unspecified atom stereocenters. The van der Waals surface area contributed by atoms with Crippen molar-refractivity contribution in [2.24, 2.45) is 0 Å². The fourth-order valence-electron chi connectivity index (χ4n) is 2.87. The molecule has 126 valence electrons. The number of rotatable bonds is 7. The first-order valence-electron chi connectivity index (χ1n) is 8.50. The van der Waals surface area contributed by atoms with Crippen molar-refractivity contribution < 1.29 is 9.53 Å². The van der Waals surface area contributed by atoms with Crippen molar-refractivity contribution in [3.8, 4) is 0 Å². The monoisotopic (exact) mass is 316 g/mol. The molecule has 0 aliphatic carbocycles. The highest BCUT2D eigenvalue weighted by atomic mass is 16.5. The molecule has 1 aliphatic heterocycles. The molecule has 1 aromatic carbocycles. The van der Waals surface area contributed by atoms with E-state index < -0.39 is 6.10 Å². The third kappa shape index (κ3) is 4.66. The van der Waals surface area contributed by atoms with Crippen molar-refractivity contribution in [3.05, 3.63) is 48.0 Å². The van der Waals surface area contributed by atoms with Crippen LogP contribution in [0.5, 0.6) is 0 Å². The summed E-state index contributed by atoms with van der Waals surface area (Å²) in [5.74, 6) is 0.0696. The average Bonchev–Trinajstić information content (AvgIpc) is 2.61. The number of benzene rings is 1. The maximum atomic E-state index is 12.7. The van der Waals surface area contributed by atoms with Gasteiger partial charge in [0.1, 0.15) is 6.10 Å². The third-order valence-corrected chi connectivity index (χ3v) is 4.34. The number of carbonyl (C=O) groups is 1. The van der Waals surface area contributed by atoms with Crippen LogP contribution in [-0.2, 0) is 16.0 Å². The lowest BCUT2D eigenvalue weighted by Gasteiger charge is -2.38. The highest BCUT2D eigenvalue weighted by Gasteiger charge is 2.30. The van der Waals surface area contributed by atoms with E-state index in [-0.39, 0.29) is 11.9 Å². The molecule has 2 atom stereocenters. The summed E-state index contributed by atoms with van der Waals surface area (Å²) in [6, 6.07) is 8.65. The van der Waals surface area contributed by atoms with Crippen molar-refractivity contribution in [2.75, 3.05) is 26.2 Å². The summed E-state index contributed by atoms with van der Waals surface area (Å²) in [5.41, 5.74) is 2.50. The third-order valence-electron chi connectivity index (χ3n) is 4.34. The smallest absolute Gasteiger partial charge is 0.252 e. The Bertz CT molecular complexity index is 513. The highest BCUT2D eigenvalue weighted by Crippen LogP contribution is 2.24. The molecule has 4 nitrogen and oxygen atoms in total. The highest BCUT2D eigenvalue weighted by molar-refractivity contribution is 5.81. The zero-order chi connectivity index (χ0) is 16.7. The predicted octanol–water partition coefficient (Wildman–Crippen LogP) is 2.70. The Labute approximate surface area is 139 Å². The van der Waals surface area contributed by atoms with E-state index in [1.54, 1.807) is 6.08 Å². The van der Waals surface area contributed by atoms with Crippen molar-refractivity contribution in [2.45, 2.75) is 38.8 Å². The maximum absolute atomic E-state index is 12.7. The van der Waals surface area contributed by atoms with Crippen LogP contribution < -0.4 is 5.32 Å². The number of ether oxygens (including phenoxy) is 1. The standard InChI is InChI=1S/C19H28N2O2/c1-4-6-13-23-15(3)19(22)21-12-11-20-14-18(21)17-9-7-16(5-2)8-10-17/h4,7-10,15,18,20H,1,5-6,11-14H2,2-3H3. The van der Waals surface area contributed by atoms with E-state index in [4.69, 9.17) is 4.74 Å². The van der Waals surface area contributed by atoms with E-state index in [0.29, 0.717) is 13.2 Å². The van der Waals surface area contributed by atoms with E-state index in [0.717, 1.165) is 25.9 Å². The zero-order valence-electron chi connectivity index (χ0n) is 14.3. The van der Waals surface area contributed by atoms with Gasteiger partial charge in [0.25, 0.3) is 5.91 Å². The Hall–Kier alpha value is -1.65. The van der Waals surface area contributed by atoms with Crippen molar-refractivity contribution >= 4 is 5.91 Å². The summed E-state index contributed by atoms with van der Waals surface area (Å²) in [6.45, 7) is 10.5. The summed E-state index contributed by atoms with van der Waals surface area (Å²) < 4.78 is 5.64. The minimum atomic E-state index is -0.412. The molecule has 1 amide bonds. The van der Waals surface area contributed by atoms with Gasteiger partial charge in [0.15, 0.2) is 0 Å². The molecule has 1 N–H and O–H groups in total. The molecule has 0 bridgehead atoms. The second-order valence-electron chi connectivity index (χ2n) is 5.94. The number of nitrogens with zero attached hydrogens (tertiary/aromatic N) is 1. The van der Waals surface area contributed by atoms with Crippen LogP contribution in [-0.4, -0.2) is 43.2 Å². The summed E-state index contributed by atoms with van der Waals surface area (Å²) in [5, 5.41) is 3.39. The fraction of sp³-hybridized carbons (Fsp3) is 0.526. The van der Waals surface area contributed by atoms with Gasteiger partial charge in [-0.2, -0.15) is 0 Å². The van der Waals surface area contributed by atoms with Crippen LogP contribution in [0.2, 0.25) is 0 Å². The van der Waals surface area contributed by atoms with Crippen LogP contribution in [0.15, 0.2) is 36.9 Å². The van der Waals surface area contributed by atoms with Gasteiger partial charge in [0.2, 0.25) is 0 Å². The lowest BCUT2D eigenvalue weighted by Crippen LogP contribution is -2.51. The minimum absolute atomic E-state index is 0.0696. The summed E-state index contributed by atoms with van der Waals surface area (Å²) >= 11 is 0. The van der Waals surface area contributed by atoms with E-state index in [9.17, 15) is 4.79 Å². The molecule has 2 rings (SSSR count). The lowest BCUT2D eigenvalue weighted by atomic mass is 10.0. The van der Waals surface area contributed by atoms with Gasteiger partial charge in [0.05, 0.1) is 12.6 Å². The topological polar surface area (TPSA) is 41.6 Å². The van der Waals surface area contributed by atoms with Crippen molar-refractivity contribution in [1.29, 1.82) is 0 Å². The van der Waals surface area contributed by atoms with E-state index in [1.807, 2.05) is 11.8 Å². The molecule has 23 heavy (non-hydrogen) atoms. The second kappa shape index (κ2) is 8.85. The number of carbonyl (C=O) groups excluding carboxylic acids is 1. The minimum Gasteiger partial charge on any atom is -0.368 e. The summed E-state index contributed by atoms with van der Waals surface area (Å²) in [7, 11) is 0. The molecule has 4 heteroatoms. The van der Waals surface area contributed by atoms with Crippen molar-refractivity contribution in [3.63, 3.8) is 0 Å². The SMILES string of the molecule is C=CCCOC(C)C(=O)N1CCNCC1c1ccc(CC)cc1. The lowest BCUT2D eigenvalue weighted by molar-refractivity contribution is -0.146. The molecule has 1 aromatic rings. The molecule has 1 aliphatic rings. The van der Waals surface area contributed by atoms with Crippen LogP contribution in [0.25, 0.3) is 0 Å². The average molecular weight is 316 g/mol. The zero-order valence-corrected chi connectivity index (χ0v) is 14.3. The summed E-state index contributed by atoms with van der Waals surface area (Å²) in [4.78, 5) is 14.7. The van der Waals surface area contributed by atoms with Crippen LogP contribution in [0.1, 0.15) is 37.4 Å². The van der Waals surface area contributed by atoms with Crippen LogP contribution in [0.3, 0.4) is 0 Å². The van der Waals surface area contributed by atoms with Gasteiger partial charge in [-0.25, -0.2) is 0 Å². The number of amides is 1. The molecule has 0 saturated carbocycles. The molecule has 0 aromatic heterocycles. The van der Waals surface area contributed by atoms with Gasteiger partial charge < -0.3 is 15.0 Å². The van der Waals surface area contributed by atoms with Gasteiger partial charge in [-0.15, -0.1) is 6.58 Å². The number of nitrogens with one attached hydrogen (secondary N) is 1. The molecular weight excluding hydrogens is 288 g/mol. The van der Waals surface area contributed by atoms with E-state index >= 15 is 0 Å². The van der Waals surface area contributed by atoms with Gasteiger partial charge in [-0.3, -0.25) is 4.79 Å². The van der Waals surface area contributed by atoms with E-state index in [2.05, 4.69) is 43.1 Å². The Morgan fingerprint density at radius 2 is 2.22 bits per heavy atom. The van der Waals surface area contributed by atoms with Gasteiger partial charge in [0, 0.05) is 19.6 Å². The number of aryl methyl sites for hydroxylation is 1. The van der Waals surface area contributed by atoms with Crippen LogP contribution in [0.4, 0.5) is 0 Å². The first kappa shape index (κ1) is 17.7. The van der Waals surface area contributed by atoms with Crippen LogP contribution >= 0.6 is 0 Å². The first-order chi connectivity index (χ1) is 11.2. The van der Waals surface area contributed by atoms with Gasteiger partial charge in [-0.1, -0.05) is 37.3 Å². The van der Waals surface area contributed by atoms with Gasteiger partial charge >= 0.3 is 0 Å². The number of hydrogen-bond acceptors (Lipinski definition) is 3. The Kier molecular flexibility index (Phi) is 6.81. The normalized spacial score (nSPS) is 19.4. The molecule has 1 heterocycles. The molecular formula is C19H28N2O2. The summed E-state index contributed by atoms with van der Waals surface area (Å²) in [6.07, 6.45) is 3.19. The predicted molar refractivity (Wildman–Crippen MR) is 93.4 cm³/mol. The maximum Gasteiger partial charge on any atom is 0.252 e. The second-order valence-corrected chi connectivity index (χ2v) is 5.94. The molecule has 1 saturated heterocycles. The Morgan fingerprint density at radius 3 is 2.87 bits per heavy atom. The first-order valence-corrected chi connectivity index (χ1v) is 8.50. The van der Waals surface area contributed by atoms with Crippen LogP contribution in [0, 0.1) is 0 Å². The molecule has 1 fully saturated rings. The Balaban J connectivity index is 2.07. The number of hydrogen-bond donors (Lipinski definition) is 1. The number of piperazine rings is 1.